The fourth-order valence-corrected chi connectivity index (χ4v) is 12.1. The lowest BCUT2D eigenvalue weighted by atomic mass is 9.35. The van der Waals surface area contributed by atoms with Crippen LogP contribution in [0.3, 0.4) is 0 Å². The summed E-state index contributed by atoms with van der Waals surface area (Å²) in [4.78, 5) is 0. The Bertz CT molecular complexity index is 619. The van der Waals surface area contributed by atoms with E-state index in [1.54, 1.807) is 0 Å². The van der Waals surface area contributed by atoms with E-state index in [1.807, 2.05) is 35.3 Å². The first-order chi connectivity index (χ1) is 12.7. The lowest BCUT2D eigenvalue weighted by molar-refractivity contribution is -0.199. The van der Waals surface area contributed by atoms with Crippen molar-refractivity contribution in [1.82, 2.24) is 0 Å². The van der Waals surface area contributed by atoms with Gasteiger partial charge in [0.25, 0.3) is 0 Å². The molecule has 0 unspecified atom stereocenters. The van der Waals surface area contributed by atoms with Crippen LogP contribution in [0.5, 0.6) is 0 Å². The second kappa shape index (κ2) is 6.62. The quantitative estimate of drug-likeness (QED) is 0.400. The number of fused-ring (bicyclic) bond motifs is 2. The predicted octanol–water partition coefficient (Wildman–Crippen LogP) is 6.67. The van der Waals surface area contributed by atoms with Gasteiger partial charge in [-0.15, -0.1) is 35.3 Å². The molecule has 0 aliphatic heterocycles. The molecule has 4 aliphatic rings. The molecule has 0 radical (unpaired) electrons. The fraction of sp³-hybridized carbons (Fsp3) is 0.913. The number of hydrogen-bond donors (Lipinski definition) is 1. The van der Waals surface area contributed by atoms with Gasteiger partial charge in [-0.1, -0.05) is 39.3 Å². The molecule has 0 aromatic rings. The predicted molar refractivity (Wildman–Crippen MR) is 124 cm³/mol. The Kier molecular flexibility index (Phi) is 5.15. The van der Waals surface area contributed by atoms with Crippen LogP contribution >= 0.6 is 35.3 Å². The minimum atomic E-state index is -0.607. The zero-order valence-corrected chi connectivity index (χ0v) is 20.5. The van der Waals surface area contributed by atoms with Crippen molar-refractivity contribution in [1.29, 1.82) is 0 Å². The van der Waals surface area contributed by atoms with Crippen LogP contribution < -0.4 is 0 Å². The standard InChI is InChI=1S/C23H38OS3/c1-19(2)11-7-12-20(3)16(19)8-13-21-14-9-18(21)22(24,15-10-17(20)21)23(25-4,26-5)27-6/h9,14,16-18,24H,7-8,10-13,15H2,1-6H3/t16-,17+,18-,20-,21-,22-/m0/s1. The maximum absolute atomic E-state index is 12.2. The third-order valence-electron chi connectivity index (χ3n) is 9.43. The zero-order valence-electron chi connectivity index (χ0n) is 18.0. The fourth-order valence-electron chi connectivity index (χ4n) is 8.34. The maximum Gasteiger partial charge on any atom is 0.135 e. The van der Waals surface area contributed by atoms with Crippen molar-refractivity contribution < 1.29 is 5.11 Å². The Balaban J connectivity index is 1.74. The summed E-state index contributed by atoms with van der Waals surface area (Å²) in [6.45, 7) is 7.68. The minimum Gasteiger partial charge on any atom is -0.386 e. The highest BCUT2D eigenvalue weighted by Crippen LogP contribution is 2.75. The molecule has 4 aliphatic carbocycles. The van der Waals surface area contributed by atoms with Crippen molar-refractivity contribution in [3.05, 3.63) is 12.2 Å². The van der Waals surface area contributed by atoms with Gasteiger partial charge in [0.1, 0.15) is 9.01 Å². The van der Waals surface area contributed by atoms with Gasteiger partial charge in [-0.2, -0.15) is 0 Å². The molecular weight excluding hydrogens is 388 g/mol. The first-order valence-corrected chi connectivity index (χ1v) is 14.4. The topological polar surface area (TPSA) is 20.2 Å². The van der Waals surface area contributed by atoms with E-state index in [2.05, 4.69) is 51.7 Å². The summed E-state index contributed by atoms with van der Waals surface area (Å²) >= 11 is 5.59. The van der Waals surface area contributed by atoms with E-state index in [9.17, 15) is 5.11 Å². The Hall–Kier alpha value is 0.750. The summed E-state index contributed by atoms with van der Waals surface area (Å²) in [5, 5.41) is 12.2. The summed E-state index contributed by atoms with van der Waals surface area (Å²) in [5.41, 5.74) is 0.569. The minimum absolute atomic E-state index is 0.163. The monoisotopic (exact) mass is 426 g/mol. The molecular formula is C23H38OS3. The average Bonchev–Trinajstić information content (AvgIpc) is 2.59. The van der Waals surface area contributed by atoms with Gasteiger partial charge in [0.2, 0.25) is 0 Å². The van der Waals surface area contributed by atoms with E-state index >= 15 is 0 Å². The number of thioether (sulfide) groups is 3. The second-order valence-corrected chi connectivity index (χ2v) is 14.4. The summed E-state index contributed by atoms with van der Waals surface area (Å²) in [7, 11) is 0. The highest BCUT2D eigenvalue weighted by Gasteiger charge is 2.71. The molecule has 3 saturated carbocycles. The van der Waals surface area contributed by atoms with E-state index in [-0.39, 0.29) is 8.83 Å². The van der Waals surface area contributed by atoms with Gasteiger partial charge >= 0.3 is 0 Å². The SMILES string of the molecule is CSC(SC)(SC)[C@]1(O)CC[C@@H]2[C@@]3(C)CCCC(C)(C)[C@@H]3CC[C@]23C=C[C@@H]31. The van der Waals surface area contributed by atoms with E-state index in [1.165, 1.54) is 38.5 Å². The third-order valence-corrected chi connectivity index (χ3v) is 15.1. The van der Waals surface area contributed by atoms with Gasteiger partial charge in [0, 0.05) is 11.3 Å². The summed E-state index contributed by atoms with van der Waals surface area (Å²) in [6, 6.07) is 0. The molecule has 27 heavy (non-hydrogen) atoms. The van der Waals surface area contributed by atoms with Crippen LogP contribution in [0.1, 0.15) is 65.7 Å². The van der Waals surface area contributed by atoms with Crippen LogP contribution in [0.15, 0.2) is 12.2 Å². The Morgan fingerprint density at radius 1 is 0.889 bits per heavy atom. The van der Waals surface area contributed by atoms with Crippen LogP contribution in [-0.4, -0.2) is 32.9 Å². The molecule has 4 rings (SSSR count). The molecule has 1 nitrogen and oxygen atoms in total. The lowest BCUT2D eigenvalue weighted by Gasteiger charge is -2.71. The van der Waals surface area contributed by atoms with Crippen LogP contribution in [0.4, 0.5) is 0 Å². The largest absolute Gasteiger partial charge is 0.386 e. The van der Waals surface area contributed by atoms with Crippen molar-refractivity contribution in [2.75, 3.05) is 18.8 Å². The Labute approximate surface area is 179 Å². The van der Waals surface area contributed by atoms with Crippen LogP contribution in [0.2, 0.25) is 0 Å². The third kappa shape index (κ3) is 2.51. The van der Waals surface area contributed by atoms with E-state index < -0.39 is 5.60 Å². The van der Waals surface area contributed by atoms with Crippen molar-refractivity contribution in [2.24, 2.45) is 34.0 Å². The second-order valence-electron chi connectivity index (χ2n) is 10.6. The van der Waals surface area contributed by atoms with Crippen LogP contribution in [-0.2, 0) is 0 Å². The molecule has 6 atom stereocenters. The molecule has 0 saturated heterocycles. The Morgan fingerprint density at radius 2 is 1.52 bits per heavy atom. The van der Waals surface area contributed by atoms with Crippen molar-refractivity contribution in [3.63, 3.8) is 0 Å². The normalized spacial score (nSPS) is 48.2. The smallest absolute Gasteiger partial charge is 0.135 e. The molecule has 1 N–H and O–H groups in total. The molecule has 0 aromatic carbocycles. The van der Waals surface area contributed by atoms with Crippen molar-refractivity contribution in [3.8, 4) is 0 Å². The van der Waals surface area contributed by atoms with Crippen LogP contribution in [0.25, 0.3) is 0 Å². The van der Waals surface area contributed by atoms with Gasteiger partial charge < -0.3 is 5.11 Å². The molecule has 0 heterocycles. The molecule has 3 fully saturated rings. The molecule has 4 heteroatoms. The summed E-state index contributed by atoms with van der Waals surface area (Å²) < 4.78 is -0.163. The van der Waals surface area contributed by atoms with E-state index in [4.69, 9.17) is 0 Å². The first-order valence-electron chi connectivity index (χ1n) is 10.7. The van der Waals surface area contributed by atoms with Crippen molar-refractivity contribution >= 4 is 35.3 Å². The molecule has 154 valence electrons. The van der Waals surface area contributed by atoms with Gasteiger partial charge in [-0.3, -0.25) is 0 Å². The summed E-state index contributed by atoms with van der Waals surface area (Å²) in [6.07, 6.45) is 20.5. The number of aliphatic hydroxyl groups is 1. The van der Waals surface area contributed by atoms with Gasteiger partial charge in [0.05, 0.1) is 0 Å². The van der Waals surface area contributed by atoms with E-state index in [0.29, 0.717) is 16.7 Å². The lowest BCUT2D eigenvalue weighted by Crippen LogP contribution is -2.69. The van der Waals surface area contributed by atoms with Gasteiger partial charge in [-0.25, -0.2) is 0 Å². The maximum atomic E-state index is 12.2. The van der Waals surface area contributed by atoms with Gasteiger partial charge in [-0.05, 0) is 80.0 Å². The summed E-state index contributed by atoms with van der Waals surface area (Å²) in [5.74, 6) is 1.93. The number of allylic oxidation sites excluding steroid dienone is 1. The molecule has 1 spiro atoms. The molecule has 0 aromatic heterocycles. The number of rotatable bonds is 4. The highest BCUT2D eigenvalue weighted by molar-refractivity contribution is 8.33. The van der Waals surface area contributed by atoms with Crippen LogP contribution in [0, 0.1) is 34.0 Å². The Morgan fingerprint density at radius 3 is 2.07 bits per heavy atom. The van der Waals surface area contributed by atoms with E-state index in [0.717, 1.165) is 18.3 Å². The van der Waals surface area contributed by atoms with Crippen molar-refractivity contribution in [2.45, 2.75) is 74.7 Å². The zero-order chi connectivity index (χ0) is 19.7. The molecule has 0 amide bonds. The highest BCUT2D eigenvalue weighted by atomic mass is 32.3. The first kappa shape index (κ1) is 21.0. The number of hydrogen-bond acceptors (Lipinski definition) is 4. The molecule has 0 bridgehead atoms. The average molecular weight is 427 g/mol. The van der Waals surface area contributed by atoms with Gasteiger partial charge in [0.15, 0.2) is 0 Å².